The normalized spacial score (nSPS) is 31.7. The Balaban J connectivity index is 2.43. The van der Waals surface area contributed by atoms with Crippen molar-refractivity contribution in [3.63, 3.8) is 0 Å². The highest BCUT2D eigenvalue weighted by atomic mass is 16.5. The molecule has 1 saturated heterocycles. The fraction of sp³-hybridized carbons (Fsp3) is 0.686. The van der Waals surface area contributed by atoms with E-state index in [1.54, 1.807) is 0 Å². The number of ketones is 3. The van der Waals surface area contributed by atoms with Crippen LogP contribution in [0.5, 0.6) is 0 Å². The van der Waals surface area contributed by atoms with Gasteiger partial charge in [0.1, 0.15) is 11.9 Å². The van der Waals surface area contributed by atoms with Crippen LogP contribution >= 0.6 is 0 Å². The van der Waals surface area contributed by atoms with Crippen molar-refractivity contribution in [2.45, 2.75) is 121 Å². The number of Topliss-reactive ketones (excluding diaryl/α,β-unsaturated/α-hetero) is 3. The van der Waals surface area contributed by atoms with Crippen LogP contribution in [0.1, 0.15) is 115 Å². The van der Waals surface area contributed by atoms with Crippen molar-refractivity contribution in [2.75, 3.05) is 0 Å². The number of fused-ring (bicyclic) bond motifs is 1. The maximum atomic E-state index is 15.1. The SMILES string of the molecule is CC(C)=CCC[C@]1(C)[C@@H](CC=C(C)C)C[C@]23C[C@@H](C(C)C)OC2=C(CC=C(C)C)C(=O)[C@]1(C(=O)C(C)C)C3=O. The molecule has 1 aliphatic heterocycles. The Morgan fingerprint density at radius 1 is 0.923 bits per heavy atom. The highest BCUT2D eigenvalue weighted by Gasteiger charge is 2.77. The first-order valence-electron chi connectivity index (χ1n) is 15.0. The molecule has 0 unspecified atom stereocenters. The van der Waals surface area contributed by atoms with Crippen LogP contribution < -0.4 is 0 Å². The monoisotopic (exact) mass is 536 g/mol. The number of hydrogen-bond acceptors (Lipinski definition) is 4. The van der Waals surface area contributed by atoms with Gasteiger partial charge in [0.05, 0.1) is 5.41 Å². The fourth-order valence-corrected chi connectivity index (χ4v) is 7.40. The summed E-state index contributed by atoms with van der Waals surface area (Å²) in [6.45, 7) is 22.3. The van der Waals surface area contributed by atoms with Crippen molar-refractivity contribution >= 4 is 17.3 Å². The average Bonchev–Trinajstić information content (AvgIpc) is 3.21. The van der Waals surface area contributed by atoms with Gasteiger partial charge in [-0.05, 0) is 90.9 Å². The summed E-state index contributed by atoms with van der Waals surface area (Å²) in [7, 11) is 0. The Morgan fingerprint density at radius 3 is 2.03 bits per heavy atom. The summed E-state index contributed by atoms with van der Waals surface area (Å²) in [4.78, 5) is 44.7. The van der Waals surface area contributed by atoms with E-state index in [4.69, 9.17) is 4.74 Å². The van der Waals surface area contributed by atoms with Gasteiger partial charge < -0.3 is 4.74 Å². The van der Waals surface area contributed by atoms with E-state index in [0.717, 1.165) is 18.4 Å². The van der Waals surface area contributed by atoms with Crippen molar-refractivity contribution < 1.29 is 19.1 Å². The smallest absolute Gasteiger partial charge is 0.184 e. The van der Waals surface area contributed by atoms with Crippen LogP contribution in [0.25, 0.3) is 0 Å². The molecule has 5 atom stereocenters. The second-order valence-electron chi connectivity index (χ2n) is 14.1. The van der Waals surface area contributed by atoms with E-state index in [-0.39, 0.29) is 35.3 Å². The van der Waals surface area contributed by atoms with Gasteiger partial charge in [-0.1, -0.05) is 69.6 Å². The zero-order valence-electron chi connectivity index (χ0n) is 26.4. The molecule has 4 nitrogen and oxygen atoms in total. The van der Waals surface area contributed by atoms with E-state index >= 15 is 4.79 Å². The molecular formula is C35H52O4. The molecule has 0 aromatic rings. The molecule has 0 radical (unpaired) electrons. The van der Waals surface area contributed by atoms with Crippen LogP contribution in [0, 0.1) is 34.0 Å². The van der Waals surface area contributed by atoms with Crippen LogP contribution in [0.3, 0.4) is 0 Å². The van der Waals surface area contributed by atoms with Crippen LogP contribution in [0.15, 0.2) is 46.3 Å². The number of allylic oxidation sites excluding steroid dienone is 8. The molecule has 0 aromatic carbocycles. The van der Waals surface area contributed by atoms with Gasteiger partial charge in [0.15, 0.2) is 22.8 Å². The Labute approximate surface area is 237 Å². The second-order valence-corrected chi connectivity index (χ2v) is 14.1. The lowest BCUT2D eigenvalue weighted by molar-refractivity contribution is -0.178. The molecule has 3 rings (SSSR count). The summed E-state index contributed by atoms with van der Waals surface area (Å²) in [5.41, 5.74) is 0.646. The van der Waals surface area contributed by atoms with Crippen LogP contribution in [0.4, 0.5) is 0 Å². The number of carbonyl (C=O) groups is 3. The van der Waals surface area contributed by atoms with Gasteiger partial charge in [0.2, 0.25) is 0 Å². The van der Waals surface area contributed by atoms with Crippen molar-refractivity contribution in [1.29, 1.82) is 0 Å². The molecule has 39 heavy (non-hydrogen) atoms. The van der Waals surface area contributed by atoms with E-state index in [2.05, 4.69) is 60.6 Å². The summed E-state index contributed by atoms with van der Waals surface area (Å²) < 4.78 is 6.60. The zero-order chi connectivity index (χ0) is 29.5. The molecule has 0 amide bonds. The molecule has 2 aliphatic carbocycles. The van der Waals surface area contributed by atoms with Crippen molar-refractivity contribution in [3.8, 4) is 0 Å². The number of hydrogen-bond donors (Lipinski definition) is 0. The number of ether oxygens (including phenoxy) is 1. The van der Waals surface area contributed by atoms with Crippen LogP contribution in [-0.2, 0) is 19.1 Å². The third-order valence-electron chi connectivity index (χ3n) is 9.65. The third kappa shape index (κ3) is 5.06. The maximum absolute atomic E-state index is 15.1. The van der Waals surface area contributed by atoms with E-state index in [1.165, 1.54) is 11.1 Å². The minimum atomic E-state index is -1.70. The lowest BCUT2D eigenvalue weighted by Gasteiger charge is -2.60. The largest absolute Gasteiger partial charge is 0.493 e. The molecular weight excluding hydrogens is 484 g/mol. The third-order valence-corrected chi connectivity index (χ3v) is 9.65. The van der Waals surface area contributed by atoms with Crippen LogP contribution in [-0.4, -0.2) is 23.5 Å². The van der Waals surface area contributed by atoms with Gasteiger partial charge in [-0.15, -0.1) is 0 Å². The summed E-state index contributed by atoms with van der Waals surface area (Å²) in [6.07, 6.45) is 9.96. The van der Waals surface area contributed by atoms with Crippen molar-refractivity contribution in [2.24, 2.45) is 34.0 Å². The first kappa shape index (κ1) is 31.3. The number of carbonyl (C=O) groups excluding carboxylic acids is 3. The topological polar surface area (TPSA) is 60.4 Å². The predicted octanol–water partition coefficient (Wildman–Crippen LogP) is 8.52. The van der Waals surface area contributed by atoms with Gasteiger partial charge >= 0.3 is 0 Å². The van der Waals surface area contributed by atoms with Gasteiger partial charge in [-0.25, -0.2) is 0 Å². The first-order chi connectivity index (χ1) is 18.1. The van der Waals surface area contributed by atoms with E-state index < -0.39 is 22.2 Å². The summed E-state index contributed by atoms with van der Waals surface area (Å²) in [5, 5.41) is 0. The van der Waals surface area contributed by atoms with Gasteiger partial charge in [-0.2, -0.15) is 0 Å². The Hall–Kier alpha value is -2.23. The predicted molar refractivity (Wildman–Crippen MR) is 159 cm³/mol. The summed E-state index contributed by atoms with van der Waals surface area (Å²) in [5.74, 6) is -0.338. The molecule has 1 saturated carbocycles. The van der Waals surface area contributed by atoms with Gasteiger partial charge in [0, 0.05) is 17.9 Å². The fourth-order valence-electron chi connectivity index (χ4n) is 7.40. The van der Waals surface area contributed by atoms with Crippen molar-refractivity contribution in [3.05, 3.63) is 46.3 Å². The average molecular weight is 537 g/mol. The van der Waals surface area contributed by atoms with E-state index in [1.807, 2.05) is 33.8 Å². The molecule has 4 heteroatoms. The Kier molecular flexibility index (Phi) is 9.10. The zero-order valence-corrected chi connectivity index (χ0v) is 26.4. The minimum Gasteiger partial charge on any atom is -0.493 e. The quantitative estimate of drug-likeness (QED) is 0.207. The summed E-state index contributed by atoms with van der Waals surface area (Å²) >= 11 is 0. The van der Waals surface area contributed by atoms with Crippen molar-refractivity contribution in [1.82, 2.24) is 0 Å². The molecule has 1 heterocycles. The van der Waals surface area contributed by atoms with Gasteiger partial charge in [-0.3, -0.25) is 14.4 Å². The molecule has 2 bridgehead atoms. The molecule has 216 valence electrons. The van der Waals surface area contributed by atoms with E-state index in [9.17, 15) is 9.59 Å². The maximum Gasteiger partial charge on any atom is 0.184 e. The lowest BCUT2D eigenvalue weighted by atomic mass is 9.38. The minimum absolute atomic E-state index is 0.00294. The lowest BCUT2D eigenvalue weighted by Crippen LogP contribution is -2.70. The Bertz CT molecular complexity index is 1130. The summed E-state index contributed by atoms with van der Waals surface area (Å²) in [6, 6.07) is 0. The van der Waals surface area contributed by atoms with E-state index in [0.29, 0.717) is 37.0 Å². The van der Waals surface area contributed by atoms with Gasteiger partial charge in [0.25, 0.3) is 0 Å². The highest BCUT2D eigenvalue weighted by molar-refractivity contribution is 6.33. The molecule has 1 spiro atoms. The molecule has 0 N–H and O–H groups in total. The molecule has 2 fully saturated rings. The second kappa shape index (κ2) is 11.3. The first-order valence-corrected chi connectivity index (χ1v) is 15.0. The molecule has 3 aliphatic rings. The van der Waals surface area contributed by atoms with Crippen LogP contribution in [0.2, 0.25) is 0 Å². The number of rotatable bonds is 10. The Morgan fingerprint density at radius 2 is 1.51 bits per heavy atom. The highest BCUT2D eigenvalue weighted by Crippen LogP contribution is 2.70. The molecule has 0 aromatic heterocycles. The standard InChI is InChI=1S/C35H52O4/c1-21(2)13-12-18-33(11)26(16-14-22(3)4)19-34-20-28(24(7)8)39-31(34)27(17-15-23(5)6)30(37)35(33,32(34)38)29(36)25(9)10/h13-15,24-26,28H,12,16-20H2,1-11H3/t26-,28-,33+,34-,35+/m0/s1.